The van der Waals surface area contributed by atoms with Crippen LogP contribution in [0.5, 0.6) is 0 Å². The van der Waals surface area contributed by atoms with Gasteiger partial charge in [0.1, 0.15) is 11.2 Å². The molecule has 0 spiro atoms. The number of piperidine rings is 1. The van der Waals surface area contributed by atoms with Crippen LogP contribution in [-0.4, -0.2) is 70.8 Å². The van der Waals surface area contributed by atoms with E-state index in [-0.39, 0.29) is 17.6 Å². The zero-order chi connectivity index (χ0) is 28.1. The van der Waals surface area contributed by atoms with Gasteiger partial charge in [-0.15, -0.1) is 0 Å². The first-order valence-electron chi connectivity index (χ1n) is 14.0. The van der Waals surface area contributed by atoms with Gasteiger partial charge < -0.3 is 25.0 Å². The van der Waals surface area contributed by atoms with E-state index in [1.807, 2.05) is 27.7 Å². The topological polar surface area (TPSA) is 104 Å². The third kappa shape index (κ3) is 5.76. The summed E-state index contributed by atoms with van der Waals surface area (Å²) in [5.41, 5.74) is 1.15. The average Bonchev–Trinajstić information content (AvgIpc) is 3.60. The van der Waals surface area contributed by atoms with E-state index in [0.717, 1.165) is 44.2 Å². The van der Waals surface area contributed by atoms with E-state index in [1.165, 1.54) is 16.7 Å². The maximum absolute atomic E-state index is 15.5. The lowest BCUT2D eigenvalue weighted by Crippen LogP contribution is -2.47. The first-order valence-corrected chi connectivity index (χ1v) is 14.0. The van der Waals surface area contributed by atoms with Crippen LogP contribution in [0, 0.1) is 18.7 Å². The molecule has 212 valence electrons. The molecule has 3 fully saturated rings. The lowest BCUT2D eigenvalue weighted by Gasteiger charge is -2.34. The Hall–Kier alpha value is -3.14. The molecule has 2 aromatic rings. The molecule has 1 aliphatic carbocycles. The van der Waals surface area contributed by atoms with Gasteiger partial charge in [0.2, 0.25) is 0 Å². The lowest BCUT2D eigenvalue weighted by atomic mass is 10.0. The van der Waals surface area contributed by atoms with Crippen molar-refractivity contribution in [2.75, 3.05) is 37.6 Å². The van der Waals surface area contributed by atoms with E-state index in [1.54, 1.807) is 4.90 Å². The van der Waals surface area contributed by atoms with Gasteiger partial charge in [0, 0.05) is 32.2 Å². The highest BCUT2D eigenvalue weighted by Crippen LogP contribution is 2.44. The fraction of sp³-hybridized carbons (Fsp3) is 0.621. The van der Waals surface area contributed by atoms with Gasteiger partial charge in [-0.3, -0.25) is 9.20 Å². The van der Waals surface area contributed by atoms with E-state index in [2.05, 4.69) is 10.2 Å². The molecule has 0 radical (unpaired) electrons. The molecular formula is C29H39FN4O5. The molecule has 2 saturated heterocycles. The number of likely N-dealkylation sites (tertiary alicyclic amines) is 1. The number of pyridine rings is 2. The Bertz CT molecular complexity index is 1340. The highest BCUT2D eigenvalue weighted by molar-refractivity contribution is 5.89. The molecule has 1 saturated carbocycles. The largest absolute Gasteiger partial charge is 0.477 e. The van der Waals surface area contributed by atoms with Crippen LogP contribution in [0.1, 0.15) is 80.3 Å². The van der Waals surface area contributed by atoms with Gasteiger partial charge in [-0.1, -0.05) is 0 Å². The number of amides is 1. The van der Waals surface area contributed by atoms with E-state index < -0.39 is 22.9 Å². The number of hydrogen-bond donors (Lipinski definition) is 2. The number of aromatic carboxylic acids is 1. The van der Waals surface area contributed by atoms with Gasteiger partial charge in [-0.2, -0.15) is 0 Å². The number of carbonyl (C=O) groups is 2. The van der Waals surface area contributed by atoms with Crippen LogP contribution in [0.3, 0.4) is 0 Å². The van der Waals surface area contributed by atoms with Crippen LogP contribution in [0.4, 0.5) is 14.9 Å². The molecule has 0 unspecified atom stereocenters. The minimum Gasteiger partial charge on any atom is -0.477 e. The van der Waals surface area contributed by atoms with Gasteiger partial charge in [0.05, 0.1) is 17.4 Å². The summed E-state index contributed by atoms with van der Waals surface area (Å²) >= 11 is 0. The number of aryl methyl sites for hydroxylation is 1. The number of carboxylic acid groups (broad SMARTS) is 1. The number of anilines is 1. The fourth-order valence-electron chi connectivity index (χ4n) is 6.02. The fourth-order valence-corrected chi connectivity index (χ4v) is 6.02. The monoisotopic (exact) mass is 542 g/mol. The van der Waals surface area contributed by atoms with Crippen molar-refractivity contribution in [3.63, 3.8) is 0 Å². The van der Waals surface area contributed by atoms with Gasteiger partial charge in [-0.25, -0.2) is 14.0 Å². The molecule has 1 atom stereocenters. The summed E-state index contributed by atoms with van der Waals surface area (Å²) in [6.07, 6.45) is 5.44. The van der Waals surface area contributed by atoms with E-state index in [9.17, 15) is 19.5 Å². The molecule has 9 nitrogen and oxygen atoms in total. The van der Waals surface area contributed by atoms with Crippen LogP contribution in [0.15, 0.2) is 17.1 Å². The lowest BCUT2D eigenvalue weighted by molar-refractivity contribution is 0.0197. The standard InChI is InChI=1S/C29H39FN4O5/c1-17-24-21(19-5-6-19)13-22(27(36)37)26(35)34(24)16-23(30)25(17)33-10-7-18(15-33)14-31-20-8-11-32(12-9-20)28(38)39-29(2,3)4/h13,16,18-20,31H,5-12,14-15H2,1-4H3,(H,36,37)/t18-/m1/s1. The Morgan fingerprint density at radius 1 is 1.13 bits per heavy atom. The number of fused-ring (bicyclic) bond motifs is 1. The minimum atomic E-state index is -1.29. The van der Waals surface area contributed by atoms with Crippen molar-refractivity contribution < 1.29 is 23.8 Å². The molecule has 3 aliphatic rings. The number of aromatic nitrogens is 1. The second-order valence-corrected chi connectivity index (χ2v) is 12.3. The van der Waals surface area contributed by atoms with Crippen LogP contribution in [-0.2, 0) is 4.74 Å². The summed E-state index contributed by atoms with van der Waals surface area (Å²) in [4.78, 5) is 40.7. The SMILES string of the molecule is Cc1c(N2CC[C@H](CNC3CCN(C(=O)OC(C)(C)C)CC3)C2)c(F)cn2c(=O)c(C(=O)O)cc(C3CC3)c12. The molecule has 39 heavy (non-hydrogen) atoms. The summed E-state index contributed by atoms with van der Waals surface area (Å²) in [5, 5.41) is 13.2. The average molecular weight is 543 g/mol. The van der Waals surface area contributed by atoms with Crippen molar-refractivity contribution >= 4 is 23.3 Å². The van der Waals surface area contributed by atoms with E-state index >= 15 is 4.39 Å². The van der Waals surface area contributed by atoms with Crippen LogP contribution in [0.2, 0.25) is 0 Å². The van der Waals surface area contributed by atoms with Crippen molar-refractivity contribution in [3.05, 3.63) is 45.1 Å². The number of halogens is 1. The minimum absolute atomic E-state index is 0.202. The summed E-state index contributed by atoms with van der Waals surface area (Å²) in [5.74, 6) is -1.24. The second-order valence-electron chi connectivity index (χ2n) is 12.3. The second kappa shape index (κ2) is 10.4. The first-order chi connectivity index (χ1) is 18.4. The normalized spacial score (nSPS) is 20.6. The highest BCUT2D eigenvalue weighted by Gasteiger charge is 2.33. The van der Waals surface area contributed by atoms with Gasteiger partial charge in [-0.05, 0) is 95.4 Å². The Morgan fingerprint density at radius 3 is 2.44 bits per heavy atom. The molecule has 5 rings (SSSR count). The zero-order valence-corrected chi connectivity index (χ0v) is 23.3. The van der Waals surface area contributed by atoms with E-state index in [4.69, 9.17) is 4.74 Å². The van der Waals surface area contributed by atoms with Crippen LogP contribution >= 0.6 is 0 Å². The highest BCUT2D eigenvalue weighted by atomic mass is 19.1. The Morgan fingerprint density at radius 2 is 1.82 bits per heavy atom. The van der Waals surface area contributed by atoms with Crippen molar-refractivity contribution in [2.24, 2.45) is 5.92 Å². The number of nitrogens with zero attached hydrogens (tertiary/aromatic N) is 3. The number of nitrogens with one attached hydrogen (secondary N) is 1. The van der Waals surface area contributed by atoms with Crippen LogP contribution in [0.25, 0.3) is 5.52 Å². The predicted molar refractivity (Wildman–Crippen MR) is 146 cm³/mol. The molecule has 0 aromatic carbocycles. The third-order valence-corrected chi connectivity index (χ3v) is 8.13. The Labute approximate surface area is 227 Å². The van der Waals surface area contributed by atoms with Crippen molar-refractivity contribution in [2.45, 2.75) is 77.4 Å². The molecule has 4 heterocycles. The Balaban J connectivity index is 1.25. The molecule has 2 N–H and O–H groups in total. The van der Waals surface area contributed by atoms with Gasteiger partial charge >= 0.3 is 12.1 Å². The number of hydrogen-bond acceptors (Lipinski definition) is 6. The first kappa shape index (κ1) is 27.4. The van der Waals surface area contributed by atoms with Crippen LogP contribution < -0.4 is 15.8 Å². The number of ether oxygens (including phenoxy) is 1. The molecule has 1 amide bonds. The number of carboxylic acids is 1. The van der Waals surface area contributed by atoms with Gasteiger partial charge in [0.15, 0.2) is 5.82 Å². The Kier molecular flexibility index (Phi) is 7.35. The van der Waals surface area contributed by atoms with Gasteiger partial charge in [0.25, 0.3) is 5.56 Å². The van der Waals surface area contributed by atoms with E-state index in [0.29, 0.717) is 54.9 Å². The third-order valence-electron chi connectivity index (χ3n) is 8.13. The summed E-state index contributed by atoms with van der Waals surface area (Å²) in [6.45, 7) is 11.0. The molecule has 2 aromatic heterocycles. The predicted octanol–water partition coefficient (Wildman–Crippen LogP) is 4.14. The molecule has 2 aliphatic heterocycles. The van der Waals surface area contributed by atoms with Crippen molar-refractivity contribution in [1.82, 2.24) is 14.6 Å². The maximum atomic E-state index is 15.5. The summed E-state index contributed by atoms with van der Waals surface area (Å²) in [6, 6.07) is 1.82. The summed E-state index contributed by atoms with van der Waals surface area (Å²) in [7, 11) is 0. The molecular weight excluding hydrogens is 503 g/mol. The van der Waals surface area contributed by atoms with Crippen molar-refractivity contribution in [1.29, 1.82) is 0 Å². The molecule has 10 heteroatoms. The quantitative estimate of drug-likeness (QED) is 0.566. The van der Waals surface area contributed by atoms with Crippen molar-refractivity contribution in [3.8, 4) is 0 Å². The zero-order valence-electron chi connectivity index (χ0n) is 23.3. The maximum Gasteiger partial charge on any atom is 0.410 e. The summed E-state index contributed by atoms with van der Waals surface area (Å²) < 4.78 is 22.2. The number of rotatable bonds is 6. The molecule has 0 bridgehead atoms. The smallest absolute Gasteiger partial charge is 0.410 e. The number of carbonyl (C=O) groups excluding carboxylic acids is 1.